The first kappa shape index (κ1) is 20.3. The topological polar surface area (TPSA) is 90.8 Å². The van der Waals surface area contributed by atoms with Gasteiger partial charge < -0.3 is 24.6 Å². The van der Waals surface area contributed by atoms with Gasteiger partial charge in [-0.2, -0.15) is 0 Å². The van der Waals surface area contributed by atoms with Crippen LogP contribution >= 0.6 is 0 Å². The molecule has 9 nitrogen and oxygen atoms in total. The number of amides is 3. The smallest absolute Gasteiger partial charge is 0.290 e. The highest BCUT2D eigenvalue weighted by Gasteiger charge is 2.30. The molecule has 1 aromatic rings. The third kappa shape index (κ3) is 4.52. The van der Waals surface area contributed by atoms with Crippen molar-refractivity contribution < 1.29 is 14.4 Å². The summed E-state index contributed by atoms with van der Waals surface area (Å²) in [4.78, 5) is 46.6. The Labute approximate surface area is 165 Å². The van der Waals surface area contributed by atoms with E-state index in [9.17, 15) is 14.4 Å². The van der Waals surface area contributed by atoms with Crippen LogP contribution in [0, 0.1) is 0 Å². The van der Waals surface area contributed by atoms with Gasteiger partial charge in [0.2, 0.25) is 6.41 Å². The molecule has 1 fully saturated rings. The fraction of sp³-hybridized carbons (Fsp3) is 0.684. The van der Waals surface area contributed by atoms with E-state index in [2.05, 4.69) is 15.2 Å². The van der Waals surface area contributed by atoms with E-state index in [0.717, 1.165) is 44.3 Å². The summed E-state index contributed by atoms with van der Waals surface area (Å²) in [5.74, 6) is 0.00211. The second-order valence-electron chi connectivity index (χ2n) is 7.69. The average Bonchev–Trinajstić information content (AvgIpc) is 3.10. The van der Waals surface area contributed by atoms with Crippen LogP contribution in [-0.2, 0) is 17.8 Å². The summed E-state index contributed by atoms with van der Waals surface area (Å²) in [6, 6.07) is 0. The molecular weight excluding hydrogens is 360 g/mol. The molecule has 3 amide bonds. The first-order valence-corrected chi connectivity index (χ1v) is 10.0. The van der Waals surface area contributed by atoms with Gasteiger partial charge in [-0.1, -0.05) is 0 Å². The van der Waals surface area contributed by atoms with Crippen LogP contribution in [0.2, 0.25) is 0 Å². The number of carbonyl (C=O) groups excluding carboxylic acids is 3. The van der Waals surface area contributed by atoms with Gasteiger partial charge in [-0.3, -0.25) is 14.4 Å². The Morgan fingerprint density at radius 1 is 1.14 bits per heavy atom. The molecule has 1 saturated heterocycles. The first-order valence-electron chi connectivity index (χ1n) is 10.0. The van der Waals surface area contributed by atoms with Crippen molar-refractivity contribution in [1.29, 1.82) is 0 Å². The van der Waals surface area contributed by atoms with Crippen molar-refractivity contribution in [3.05, 3.63) is 17.2 Å². The van der Waals surface area contributed by atoms with E-state index in [0.29, 0.717) is 50.8 Å². The monoisotopic (exact) mass is 390 g/mol. The Morgan fingerprint density at radius 2 is 1.89 bits per heavy atom. The maximum atomic E-state index is 13.0. The molecule has 3 heterocycles. The standard InChI is InChI=1S/C19H30N6O3/c1-22(2)8-5-7-20-18(27)16-15-6-3-4-9-25(15)17(21-16)19(28)24-12-10-23(14-26)11-13-24/h14H,3-13H2,1-2H3,(H,20,27). The molecule has 0 spiro atoms. The molecule has 3 rings (SSSR count). The molecule has 0 atom stereocenters. The second kappa shape index (κ2) is 9.18. The van der Waals surface area contributed by atoms with Crippen molar-refractivity contribution in [3.8, 4) is 0 Å². The van der Waals surface area contributed by atoms with E-state index >= 15 is 0 Å². The van der Waals surface area contributed by atoms with Gasteiger partial charge in [-0.25, -0.2) is 4.98 Å². The van der Waals surface area contributed by atoms with E-state index in [1.807, 2.05) is 18.7 Å². The van der Waals surface area contributed by atoms with Crippen molar-refractivity contribution in [2.24, 2.45) is 0 Å². The summed E-state index contributed by atoms with van der Waals surface area (Å²) >= 11 is 0. The summed E-state index contributed by atoms with van der Waals surface area (Å²) in [5.41, 5.74) is 1.26. The molecule has 1 N–H and O–H groups in total. The Hall–Kier alpha value is -2.42. The lowest BCUT2D eigenvalue weighted by atomic mass is 10.1. The van der Waals surface area contributed by atoms with Gasteiger partial charge in [0.15, 0.2) is 5.82 Å². The number of rotatable bonds is 7. The molecule has 2 aliphatic rings. The van der Waals surface area contributed by atoms with Crippen molar-refractivity contribution in [3.63, 3.8) is 0 Å². The highest BCUT2D eigenvalue weighted by Crippen LogP contribution is 2.22. The van der Waals surface area contributed by atoms with Crippen molar-refractivity contribution >= 4 is 18.2 Å². The number of nitrogens with one attached hydrogen (secondary N) is 1. The Balaban J connectivity index is 1.73. The number of nitrogens with zero attached hydrogens (tertiary/aromatic N) is 5. The molecule has 0 unspecified atom stereocenters. The zero-order valence-electron chi connectivity index (χ0n) is 16.8. The quantitative estimate of drug-likeness (QED) is 0.515. The fourth-order valence-electron chi connectivity index (χ4n) is 3.74. The molecule has 2 aliphatic heterocycles. The molecule has 0 aliphatic carbocycles. The van der Waals surface area contributed by atoms with Gasteiger partial charge in [-0.15, -0.1) is 0 Å². The molecule has 0 radical (unpaired) electrons. The predicted molar refractivity (Wildman–Crippen MR) is 104 cm³/mol. The van der Waals surface area contributed by atoms with Crippen molar-refractivity contribution in [2.45, 2.75) is 32.2 Å². The Kier molecular flexibility index (Phi) is 6.66. The number of piperazine rings is 1. The van der Waals surface area contributed by atoms with Crippen LogP contribution in [0.25, 0.3) is 0 Å². The molecule has 0 bridgehead atoms. The lowest BCUT2D eigenvalue weighted by molar-refractivity contribution is -0.119. The van der Waals surface area contributed by atoms with Crippen LogP contribution in [0.4, 0.5) is 0 Å². The minimum Gasteiger partial charge on any atom is -0.351 e. The average molecular weight is 390 g/mol. The molecule has 9 heteroatoms. The number of hydrogen-bond acceptors (Lipinski definition) is 5. The lowest BCUT2D eigenvalue weighted by Crippen LogP contribution is -2.48. The zero-order valence-corrected chi connectivity index (χ0v) is 16.8. The number of fused-ring (bicyclic) bond motifs is 1. The number of imidazole rings is 1. The number of carbonyl (C=O) groups is 3. The Bertz CT molecular complexity index is 721. The summed E-state index contributed by atoms with van der Waals surface area (Å²) in [6.07, 6.45) is 4.42. The van der Waals surface area contributed by atoms with Crippen LogP contribution in [0.3, 0.4) is 0 Å². The van der Waals surface area contributed by atoms with Gasteiger partial charge >= 0.3 is 0 Å². The molecule has 0 saturated carbocycles. The van der Waals surface area contributed by atoms with Crippen LogP contribution in [0.5, 0.6) is 0 Å². The highest BCUT2D eigenvalue weighted by molar-refractivity contribution is 5.97. The SMILES string of the molecule is CN(C)CCCNC(=O)c1nc(C(=O)N2CCN(C=O)CC2)n2c1CCCC2. The second-order valence-corrected chi connectivity index (χ2v) is 7.69. The van der Waals surface area contributed by atoms with Gasteiger partial charge in [0.1, 0.15) is 5.69 Å². The third-order valence-corrected chi connectivity index (χ3v) is 5.34. The summed E-state index contributed by atoms with van der Waals surface area (Å²) in [5, 5.41) is 2.94. The van der Waals surface area contributed by atoms with E-state index in [1.165, 1.54) is 0 Å². The van der Waals surface area contributed by atoms with E-state index in [4.69, 9.17) is 0 Å². The predicted octanol–water partition coefficient (Wildman–Crippen LogP) is -0.185. The third-order valence-electron chi connectivity index (χ3n) is 5.34. The summed E-state index contributed by atoms with van der Waals surface area (Å²) < 4.78 is 1.92. The van der Waals surface area contributed by atoms with Gasteiger partial charge in [0.05, 0.1) is 5.69 Å². The highest BCUT2D eigenvalue weighted by atomic mass is 16.2. The van der Waals surface area contributed by atoms with E-state index in [1.54, 1.807) is 9.80 Å². The number of hydrogen-bond donors (Lipinski definition) is 1. The minimum atomic E-state index is -0.200. The van der Waals surface area contributed by atoms with Crippen molar-refractivity contribution in [2.75, 3.05) is 53.4 Å². The molecule has 28 heavy (non-hydrogen) atoms. The van der Waals surface area contributed by atoms with E-state index < -0.39 is 0 Å². The molecule has 1 aromatic heterocycles. The normalized spacial score (nSPS) is 16.8. The largest absolute Gasteiger partial charge is 0.351 e. The van der Waals surface area contributed by atoms with Crippen LogP contribution in [0.1, 0.15) is 46.1 Å². The van der Waals surface area contributed by atoms with E-state index in [-0.39, 0.29) is 11.8 Å². The van der Waals surface area contributed by atoms with Gasteiger partial charge in [-0.05, 0) is 46.3 Å². The molecule has 0 aromatic carbocycles. The minimum absolute atomic E-state index is 0.152. The van der Waals surface area contributed by atoms with Crippen molar-refractivity contribution in [1.82, 2.24) is 29.6 Å². The fourth-order valence-corrected chi connectivity index (χ4v) is 3.74. The number of aromatic nitrogens is 2. The Morgan fingerprint density at radius 3 is 2.57 bits per heavy atom. The molecular formula is C19H30N6O3. The maximum Gasteiger partial charge on any atom is 0.290 e. The van der Waals surface area contributed by atoms with Gasteiger partial charge in [0.25, 0.3) is 11.8 Å². The summed E-state index contributed by atoms with van der Waals surface area (Å²) in [6.45, 7) is 4.24. The maximum absolute atomic E-state index is 13.0. The first-order chi connectivity index (χ1) is 13.5. The zero-order chi connectivity index (χ0) is 20.1. The van der Waals surface area contributed by atoms with Crippen LogP contribution in [0.15, 0.2) is 0 Å². The van der Waals surface area contributed by atoms with Crippen LogP contribution in [-0.4, -0.2) is 95.8 Å². The molecule has 154 valence electrons. The summed E-state index contributed by atoms with van der Waals surface area (Å²) in [7, 11) is 4.00. The van der Waals surface area contributed by atoms with Crippen LogP contribution < -0.4 is 5.32 Å². The van der Waals surface area contributed by atoms with Gasteiger partial charge in [0, 0.05) is 39.3 Å². The lowest BCUT2D eigenvalue weighted by Gasteiger charge is -2.32.